The first-order valence-electron chi connectivity index (χ1n) is 5.63. The van der Waals surface area contributed by atoms with Crippen LogP contribution < -0.4 is 0 Å². The molecule has 0 N–H and O–H groups in total. The summed E-state index contributed by atoms with van der Waals surface area (Å²) in [4.78, 5) is 12.2. The zero-order chi connectivity index (χ0) is 10.3. The molecule has 0 aliphatic heterocycles. The van der Waals surface area contributed by atoms with Crippen molar-refractivity contribution < 1.29 is 4.79 Å². The molecule has 3 rings (SSSR count). The fraction of sp³-hybridized carbons (Fsp3) is 0.357. The molecule has 0 bridgehead atoms. The molecule has 76 valence electrons. The van der Waals surface area contributed by atoms with Crippen molar-refractivity contribution in [2.24, 2.45) is 11.8 Å². The van der Waals surface area contributed by atoms with Crippen LogP contribution in [0.5, 0.6) is 0 Å². The second-order valence-corrected chi connectivity index (χ2v) is 4.53. The largest absolute Gasteiger partial charge is 0.294 e. The van der Waals surface area contributed by atoms with Gasteiger partial charge in [0, 0.05) is 11.5 Å². The number of ketones is 1. The average molecular weight is 198 g/mol. The number of carbonyl (C=O) groups is 1. The molecule has 15 heavy (non-hydrogen) atoms. The zero-order valence-corrected chi connectivity index (χ0v) is 8.65. The van der Waals surface area contributed by atoms with Crippen molar-refractivity contribution in [1.82, 2.24) is 0 Å². The summed E-state index contributed by atoms with van der Waals surface area (Å²) in [6, 6.07) is 8.08. The molecule has 0 unspecified atom stereocenters. The van der Waals surface area contributed by atoms with Gasteiger partial charge in [-0.2, -0.15) is 0 Å². The Bertz CT molecular complexity index is 431. The van der Waals surface area contributed by atoms with E-state index in [0.717, 1.165) is 24.8 Å². The summed E-state index contributed by atoms with van der Waals surface area (Å²) in [6.07, 6.45) is 7.48. The van der Waals surface area contributed by atoms with Gasteiger partial charge in [-0.05, 0) is 30.7 Å². The maximum atomic E-state index is 12.2. The Kier molecular flexibility index (Phi) is 1.98. The lowest BCUT2D eigenvalue weighted by Gasteiger charge is -2.32. The van der Waals surface area contributed by atoms with Crippen molar-refractivity contribution in [3.63, 3.8) is 0 Å². The van der Waals surface area contributed by atoms with Crippen LogP contribution in [-0.2, 0) is 6.42 Å². The van der Waals surface area contributed by atoms with Gasteiger partial charge in [-0.25, -0.2) is 0 Å². The highest BCUT2D eigenvalue weighted by molar-refractivity contribution is 6.00. The third-order valence-electron chi connectivity index (χ3n) is 3.67. The second kappa shape index (κ2) is 3.34. The van der Waals surface area contributed by atoms with Crippen molar-refractivity contribution in [2.45, 2.75) is 19.3 Å². The number of allylic oxidation sites excluding steroid dienone is 2. The van der Waals surface area contributed by atoms with Gasteiger partial charge in [0.2, 0.25) is 0 Å². The number of rotatable bonds is 0. The van der Waals surface area contributed by atoms with Crippen LogP contribution in [0.4, 0.5) is 0 Å². The van der Waals surface area contributed by atoms with E-state index in [1.54, 1.807) is 0 Å². The van der Waals surface area contributed by atoms with Gasteiger partial charge in [-0.15, -0.1) is 0 Å². The molecule has 0 fully saturated rings. The van der Waals surface area contributed by atoms with Gasteiger partial charge in [0.05, 0.1) is 0 Å². The minimum atomic E-state index is 0.255. The lowest BCUT2D eigenvalue weighted by molar-refractivity contribution is 0.0848. The first-order valence-corrected chi connectivity index (χ1v) is 5.63. The number of benzene rings is 1. The second-order valence-electron chi connectivity index (χ2n) is 4.53. The molecule has 1 nitrogen and oxygen atoms in total. The van der Waals surface area contributed by atoms with E-state index in [0.29, 0.717) is 11.7 Å². The molecule has 0 aromatic heterocycles. The number of hydrogen-bond donors (Lipinski definition) is 0. The Labute approximate surface area is 89.8 Å². The van der Waals surface area contributed by atoms with E-state index in [4.69, 9.17) is 0 Å². The molecule has 0 amide bonds. The van der Waals surface area contributed by atoms with Crippen LogP contribution in [0.15, 0.2) is 36.4 Å². The van der Waals surface area contributed by atoms with Crippen molar-refractivity contribution in [3.05, 3.63) is 47.5 Å². The van der Waals surface area contributed by atoms with Crippen LogP contribution in [0.3, 0.4) is 0 Å². The van der Waals surface area contributed by atoms with Gasteiger partial charge in [0.15, 0.2) is 5.78 Å². The van der Waals surface area contributed by atoms with Crippen LogP contribution in [-0.4, -0.2) is 5.78 Å². The Balaban J connectivity index is 2.05. The van der Waals surface area contributed by atoms with Crippen molar-refractivity contribution in [2.75, 3.05) is 0 Å². The van der Waals surface area contributed by atoms with Crippen molar-refractivity contribution in [1.29, 1.82) is 0 Å². The normalized spacial score (nSPS) is 28.4. The summed E-state index contributed by atoms with van der Waals surface area (Å²) in [6.45, 7) is 0. The van der Waals surface area contributed by atoms with E-state index in [1.165, 1.54) is 5.56 Å². The summed E-state index contributed by atoms with van der Waals surface area (Å²) < 4.78 is 0. The number of hydrogen-bond acceptors (Lipinski definition) is 1. The predicted molar refractivity (Wildman–Crippen MR) is 59.8 cm³/mol. The summed E-state index contributed by atoms with van der Waals surface area (Å²) in [5.74, 6) is 1.17. The van der Waals surface area contributed by atoms with E-state index >= 15 is 0 Å². The molecule has 0 saturated heterocycles. The highest BCUT2D eigenvalue weighted by Crippen LogP contribution is 2.36. The van der Waals surface area contributed by atoms with Crippen LogP contribution in [0.25, 0.3) is 0 Å². The third kappa shape index (κ3) is 1.34. The fourth-order valence-electron chi connectivity index (χ4n) is 2.84. The van der Waals surface area contributed by atoms with Crippen LogP contribution in [0.1, 0.15) is 28.8 Å². The fourth-order valence-corrected chi connectivity index (χ4v) is 2.84. The maximum absolute atomic E-state index is 12.2. The van der Waals surface area contributed by atoms with Crippen molar-refractivity contribution in [3.8, 4) is 0 Å². The van der Waals surface area contributed by atoms with Gasteiger partial charge in [-0.3, -0.25) is 4.79 Å². The summed E-state index contributed by atoms with van der Waals surface area (Å²) in [7, 11) is 0. The Morgan fingerprint density at radius 2 is 1.87 bits per heavy atom. The van der Waals surface area contributed by atoms with E-state index < -0.39 is 0 Å². The van der Waals surface area contributed by atoms with E-state index in [9.17, 15) is 4.79 Å². The van der Waals surface area contributed by atoms with Gasteiger partial charge in [0.25, 0.3) is 0 Å². The van der Waals surface area contributed by atoms with Gasteiger partial charge >= 0.3 is 0 Å². The highest BCUT2D eigenvalue weighted by Gasteiger charge is 2.34. The third-order valence-corrected chi connectivity index (χ3v) is 3.67. The molecule has 2 aliphatic rings. The van der Waals surface area contributed by atoms with Crippen LogP contribution in [0, 0.1) is 11.8 Å². The first-order chi connectivity index (χ1) is 7.36. The van der Waals surface area contributed by atoms with E-state index in [-0.39, 0.29) is 5.92 Å². The number of fused-ring (bicyclic) bond motifs is 2. The molecule has 1 aromatic rings. The van der Waals surface area contributed by atoms with Crippen molar-refractivity contribution >= 4 is 5.78 Å². The summed E-state index contributed by atoms with van der Waals surface area (Å²) in [5.41, 5.74) is 2.22. The van der Waals surface area contributed by atoms with Gasteiger partial charge in [0.1, 0.15) is 0 Å². The predicted octanol–water partition coefficient (Wildman–Crippen LogP) is 3.01. The van der Waals surface area contributed by atoms with Gasteiger partial charge in [-0.1, -0.05) is 36.4 Å². The molecule has 0 saturated carbocycles. The van der Waals surface area contributed by atoms with E-state index in [1.807, 2.05) is 18.2 Å². The SMILES string of the molecule is O=C1c2ccccc2C[C@@H]2CC=CC[C@H]12. The topological polar surface area (TPSA) is 17.1 Å². The molecule has 0 heterocycles. The Morgan fingerprint density at radius 3 is 2.80 bits per heavy atom. The molecular formula is C14H14O. The number of Topliss-reactive ketones (excluding diaryl/α,β-unsaturated/α-hetero) is 1. The average Bonchev–Trinajstić information content (AvgIpc) is 2.30. The van der Waals surface area contributed by atoms with E-state index in [2.05, 4.69) is 18.2 Å². The Morgan fingerprint density at radius 1 is 1.07 bits per heavy atom. The molecule has 0 spiro atoms. The Hall–Kier alpha value is -1.37. The lowest BCUT2D eigenvalue weighted by Crippen LogP contribution is -2.32. The van der Waals surface area contributed by atoms with Gasteiger partial charge < -0.3 is 0 Å². The molecule has 2 aliphatic carbocycles. The summed E-state index contributed by atoms with van der Waals surface area (Å²) in [5, 5.41) is 0. The molecule has 1 aromatic carbocycles. The highest BCUT2D eigenvalue weighted by atomic mass is 16.1. The quantitative estimate of drug-likeness (QED) is 0.586. The van der Waals surface area contributed by atoms with Crippen LogP contribution in [0.2, 0.25) is 0 Å². The molecular weight excluding hydrogens is 184 g/mol. The molecule has 0 radical (unpaired) electrons. The maximum Gasteiger partial charge on any atom is 0.166 e. The number of carbonyl (C=O) groups excluding carboxylic acids is 1. The lowest BCUT2D eigenvalue weighted by atomic mass is 9.70. The van der Waals surface area contributed by atoms with Crippen LogP contribution >= 0.6 is 0 Å². The summed E-state index contributed by atoms with van der Waals surface area (Å²) >= 11 is 0. The minimum Gasteiger partial charge on any atom is -0.294 e. The smallest absolute Gasteiger partial charge is 0.166 e. The first kappa shape index (κ1) is 8.90. The molecule has 1 heteroatoms. The minimum absolute atomic E-state index is 0.255. The molecule has 2 atom stereocenters. The monoisotopic (exact) mass is 198 g/mol. The standard InChI is InChI=1S/C14H14O/c15-14-12-7-3-1-5-10(12)9-11-6-2-4-8-13(11)14/h1-5,7,11,13H,6,8-9H2/t11-,13-/m0/s1. The zero-order valence-electron chi connectivity index (χ0n) is 8.65.